The highest BCUT2D eigenvalue weighted by atomic mass is 32.2. The van der Waals surface area contributed by atoms with Crippen molar-refractivity contribution < 1.29 is 32.2 Å². The summed E-state index contributed by atoms with van der Waals surface area (Å²) in [5, 5.41) is 12.8. The molecular weight excluding hydrogens is 649 g/mol. The van der Waals surface area contributed by atoms with Gasteiger partial charge < -0.3 is 25.8 Å². The molecule has 4 aromatic rings. The van der Waals surface area contributed by atoms with E-state index in [1.807, 2.05) is 26.1 Å². The first-order valence-corrected chi connectivity index (χ1v) is 17.3. The number of hydrogen-bond acceptors (Lipinski definition) is 8. The first-order valence-electron chi connectivity index (χ1n) is 15.8. The van der Waals surface area contributed by atoms with E-state index < -0.39 is 27.8 Å². The van der Waals surface area contributed by atoms with Crippen LogP contribution in [0.25, 0.3) is 0 Å². The summed E-state index contributed by atoms with van der Waals surface area (Å²) >= 11 is 0. The number of aliphatic hydroxyl groups is 1. The zero-order valence-corrected chi connectivity index (χ0v) is 28.3. The fraction of sp³-hybridized carbons (Fsp3) is 0.278. The number of fused-ring (bicyclic) bond motifs is 1. The average molecular weight is 690 g/mol. The van der Waals surface area contributed by atoms with Crippen molar-refractivity contribution in [3.63, 3.8) is 0 Å². The molecule has 13 heteroatoms. The van der Waals surface area contributed by atoms with Crippen molar-refractivity contribution in [1.82, 2.24) is 9.80 Å². The van der Waals surface area contributed by atoms with E-state index in [4.69, 9.17) is 10.5 Å². The molecule has 1 aliphatic heterocycles. The molecule has 0 saturated heterocycles. The van der Waals surface area contributed by atoms with Crippen LogP contribution in [0.4, 0.5) is 21.5 Å². The number of rotatable bonds is 11. The molecule has 1 aliphatic rings. The van der Waals surface area contributed by atoms with Crippen LogP contribution in [0, 0.1) is 11.7 Å². The van der Waals surface area contributed by atoms with Crippen molar-refractivity contribution in [2.75, 3.05) is 42.5 Å². The molecule has 5 N–H and O–H groups in total. The largest absolute Gasteiger partial charge is 0.488 e. The molecule has 0 fully saturated rings. The third-order valence-electron chi connectivity index (χ3n) is 8.41. The Morgan fingerprint density at radius 3 is 2.45 bits per heavy atom. The van der Waals surface area contributed by atoms with Crippen LogP contribution in [0.3, 0.4) is 0 Å². The van der Waals surface area contributed by atoms with Crippen LogP contribution in [0.2, 0.25) is 0 Å². The second kappa shape index (κ2) is 15.1. The van der Waals surface area contributed by atoms with Gasteiger partial charge in [-0.25, -0.2) is 12.8 Å². The van der Waals surface area contributed by atoms with Crippen LogP contribution in [-0.2, 0) is 16.6 Å². The molecule has 5 rings (SSSR count). The normalized spacial score (nSPS) is 17.0. The highest BCUT2D eigenvalue weighted by Crippen LogP contribution is 2.31. The Morgan fingerprint density at radius 2 is 1.78 bits per heavy atom. The highest BCUT2D eigenvalue weighted by molar-refractivity contribution is 7.92. The van der Waals surface area contributed by atoms with Gasteiger partial charge in [-0.2, -0.15) is 0 Å². The smallest absolute Gasteiger partial charge is 0.261 e. The number of nitrogens with zero attached hydrogens (tertiary/aromatic N) is 2. The van der Waals surface area contributed by atoms with E-state index in [9.17, 15) is 27.5 Å². The number of ether oxygens (including phenoxy) is 1. The van der Waals surface area contributed by atoms with Gasteiger partial charge in [0, 0.05) is 36.8 Å². The van der Waals surface area contributed by atoms with Crippen molar-refractivity contribution in [3.8, 4) is 5.75 Å². The van der Waals surface area contributed by atoms with E-state index in [0.717, 1.165) is 29.8 Å². The summed E-state index contributed by atoms with van der Waals surface area (Å²) < 4.78 is 48.3. The van der Waals surface area contributed by atoms with E-state index in [2.05, 4.69) is 14.9 Å². The molecule has 0 bridgehead atoms. The van der Waals surface area contributed by atoms with Crippen molar-refractivity contribution in [2.45, 2.75) is 37.4 Å². The molecule has 11 nitrogen and oxygen atoms in total. The third-order valence-corrected chi connectivity index (χ3v) is 9.81. The maximum atomic E-state index is 13.8. The minimum absolute atomic E-state index is 0.128. The first-order chi connectivity index (χ1) is 23.3. The van der Waals surface area contributed by atoms with E-state index in [-0.39, 0.29) is 46.4 Å². The number of nitrogens with two attached hydrogens (primary N) is 1. The molecule has 0 aromatic heterocycles. The SMILES string of the molecule is C[C@@H]1CN([C@@H](C)CO)C(=O)c2cc(NS(=O)(=O)c3ccc(F)cc3)ccc2O[C@@H]1CN(C)Cc1ccc(C(=O)Nc2ccccc2N)cc1. The van der Waals surface area contributed by atoms with Gasteiger partial charge in [-0.3, -0.25) is 19.2 Å². The zero-order chi connectivity index (χ0) is 35.3. The number of halogens is 1. The molecule has 49 heavy (non-hydrogen) atoms. The molecular formula is C36H40FN5O6S. The maximum absolute atomic E-state index is 13.8. The molecule has 0 radical (unpaired) electrons. The second-order valence-corrected chi connectivity index (χ2v) is 14.0. The second-order valence-electron chi connectivity index (χ2n) is 12.3. The summed E-state index contributed by atoms with van der Waals surface area (Å²) in [5.41, 5.74) is 8.71. The van der Waals surface area contributed by atoms with Crippen LogP contribution in [0.15, 0.2) is 95.9 Å². The van der Waals surface area contributed by atoms with Crippen molar-refractivity contribution in [3.05, 3.63) is 114 Å². The lowest BCUT2D eigenvalue weighted by molar-refractivity contribution is 0.0341. The van der Waals surface area contributed by atoms with E-state index >= 15 is 0 Å². The molecule has 0 aliphatic carbocycles. The van der Waals surface area contributed by atoms with Gasteiger partial charge in [0.1, 0.15) is 17.7 Å². The molecule has 258 valence electrons. The number of nitrogens with one attached hydrogen (secondary N) is 2. The lowest BCUT2D eigenvalue weighted by Crippen LogP contribution is -2.49. The molecule has 4 aromatic carbocycles. The van der Waals surface area contributed by atoms with Gasteiger partial charge in [-0.1, -0.05) is 31.2 Å². The number of para-hydroxylation sites is 2. The van der Waals surface area contributed by atoms with Crippen LogP contribution in [0.5, 0.6) is 5.75 Å². The summed E-state index contributed by atoms with van der Waals surface area (Å²) in [7, 11) is -2.12. The maximum Gasteiger partial charge on any atom is 0.261 e. The van der Waals surface area contributed by atoms with Gasteiger partial charge in [0.05, 0.1) is 34.5 Å². The van der Waals surface area contributed by atoms with Gasteiger partial charge in [-0.15, -0.1) is 0 Å². The van der Waals surface area contributed by atoms with Crippen LogP contribution in [0.1, 0.15) is 40.1 Å². The Balaban J connectivity index is 1.32. The van der Waals surface area contributed by atoms with E-state index in [1.54, 1.807) is 54.3 Å². The Hall–Kier alpha value is -4.98. The zero-order valence-electron chi connectivity index (χ0n) is 27.5. The number of benzene rings is 4. The molecule has 0 saturated carbocycles. The minimum Gasteiger partial charge on any atom is -0.488 e. The Kier molecular flexibility index (Phi) is 10.9. The minimum atomic E-state index is -4.07. The average Bonchev–Trinajstić information content (AvgIpc) is 3.07. The van der Waals surface area contributed by atoms with Gasteiger partial charge in [-0.05, 0) is 86.3 Å². The number of carbonyl (C=O) groups excluding carboxylic acids is 2. The quantitative estimate of drug-likeness (QED) is 0.164. The predicted molar refractivity (Wildman–Crippen MR) is 186 cm³/mol. The number of likely N-dealkylation sites (N-methyl/N-ethyl adjacent to an activating group) is 1. The number of amides is 2. The summed E-state index contributed by atoms with van der Waals surface area (Å²) in [5.74, 6) is -1.10. The van der Waals surface area contributed by atoms with E-state index in [1.165, 1.54) is 12.1 Å². The predicted octanol–water partition coefficient (Wildman–Crippen LogP) is 4.81. The number of aliphatic hydroxyl groups excluding tert-OH is 1. The van der Waals surface area contributed by atoms with Gasteiger partial charge in [0.25, 0.3) is 21.8 Å². The fourth-order valence-corrected chi connectivity index (χ4v) is 6.63. The molecule has 2 amide bonds. The van der Waals surface area contributed by atoms with Gasteiger partial charge >= 0.3 is 0 Å². The number of hydrogen-bond donors (Lipinski definition) is 4. The monoisotopic (exact) mass is 689 g/mol. The van der Waals surface area contributed by atoms with Gasteiger partial charge in [0.2, 0.25) is 0 Å². The fourth-order valence-electron chi connectivity index (χ4n) is 5.58. The van der Waals surface area contributed by atoms with Crippen molar-refractivity contribution in [2.24, 2.45) is 5.92 Å². The topological polar surface area (TPSA) is 154 Å². The standard InChI is InChI=1S/C36H40FN5O6S/c1-23-19-42(24(2)22-43)36(45)30-18-28(40-49(46,47)29-15-12-27(37)13-16-29)14-17-33(30)48-34(23)21-41(3)20-25-8-10-26(11-9-25)35(44)39-32-7-5-4-6-31(32)38/h4-18,23-24,34,40,43H,19-22,38H2,1-3H3,(H,39,44)/t23-,24+,34-/m1/s1. The molecule has 1 heterocycles. The first kappa shape index (κ1) is 35.3. The van der Waals surface area contributed by atoms with Crippen LogP contribution < -0.4 is 20.5 Å². The van der Waals surface area contributed by atoms with Crippen LogP contribution >= 0.6 is 0 Å². The van der Waals surface area contributed by atoms with Crippen molar-refractivity contribution >= 4 is 38.9 Å². The molecule has 0 unspecified atom stereocenters. The Bertz CT molecular complexity index is 1910. The molecule has 0 spiro atoms. The lowest BCUT2D eigenvalue weighted by Gasteiger charge is -2.38. The summed E-state index contributed by atoms with van der Waals surface area (Å²) in [6.45, 7) is 4.78. The summed E-state index contributed by atoms with van der Waals surface area (Å²) in [6.07, 6.45) is -0.381. The Labute approximate surface area is 285 Å². The highest BCUT2D eigenvalue weighted by Gasteiger charge is 2.34. The summed E-state index contributed by atoms with van der Waals surface area (Å²) in [6, 6.07) is 22.7. The van der Waals surface area contributed by atoms with Crippen molar-refractivity contribution in [1.29, 1.82) is 0 Å². The number of sulfonamides is 1. The lowest BCUT2D eigenvalue weighted by atomic mass is 9.99. The third kappa shape index (κ3) is 8.55. The summed E-state index contributed by atoms with van der Waals surface area (Å²) in [4.78, 5) is 30.1. The number of nitrogen functional groups attached to an aromatic ring is 1. The number of anilines is 3. The Morgan fingerprint density at radius 1 is 1.08 bits per heavy atom. The van der Waals surface area contributed by atoms with Gasteiger partial charge in [0.15, 0.2) is 0 Å². The molecule has 3 atom stereocenters. The van der Waals surface area contributed by atoms with Crippen LogP contribution in [-0.4, -0.2) is 74.0 Å². The number of carbonyl (C=O) groups is 2. The van der Waals surface area contributed by atoms with E-state index in [0.29, 0.717) is 36.6 Å².